The molecule has 1 aliphatic heterocycles. The number of likely N-dealkylation sites (tertiary alicyclic amines) is 1. The molecule has 1 aromatic carbocycles. The molecule has 6 nitrogen and oxygen atoms in total. The molecule has 2 atom stereocenters. The van der Waals surface area contributed by atoms with Crippen LogP contribution < -0.4 is 0 Å². The largest absolute Gasteiger partial charge is 0.459 e. The number of hydrogen-bond acceptors (Lipinski definition) is 5. The van der Waals surface area contributed by atoms with Crippen molar-refractivity contribution in [2.75, 3.05) is 7.11 Å². The van der Waals surface area contributed by atoms with Crippen molar-refractivity contribution in [1.29, 1.82) is 0 Å². The van der Waals surface area contributed by atoms with Crippen LogP contribution in [0.2, 0.25) is 0 Å². The average Bonchev–Trinajstić information content (AvgIpc) is 2.96. The fourth-order valence-electron chi connectivity index (χ4n) is 2.63. The lowest BCUT2D eigenvalue weighted by Gasteiger charge is -2.30. The maximum Gasteiger partial charge on any atom is 0.413 e. The van der Waals surface area contributed by atoms with Crippen LogP contribution in [-0.2, 0) is 25.6 Å². The Morgan fingerprint density at radius 2 is 1.83 bits per heavy atom. The molecule has 2 rings (SSSR count). The highest BCUT2D eigenvalue weighted by Gasteiger charge is 2.44. The Hall–Kier alpha value is -2.08. The first-order chi connectivity index (χ1) is 11.3. The van der Waals surface area contributed by atoms with Gasteiger partial charge in [0.25, 0.3) is 0 Å². The third-order valence-corrected chi connectivity index (χ3v) is 3.71. The van der Waals surface area contributed by atoms with Gasteiger partial charge in [-0.15, -0.1) is 0 Å². The van der Waals surface area contributed by atoms with E-state index in [-0.39, 0.29) is 6.61 Å². The Bertz CT molecular complexity index is 567. The summed E-state index contributed by atoms with van der Waals surface area (Å²) in [5.74, 6) is -0.440. The van der Waals surface area contributed by atoms with E-state index in [0.717, 1.165) is 5.56 Å². The van der Waals surface area contributed by atoms with Crippen molar-refractivity contribution in [3.05, 3.63) is 35.9 Å². The van der Waals surface area contributed by atoms with Crippen molar-refractivity contribution in [3.63, 3.8) is 0 Å². The van der Waals surface area contributed by atoms with Gasteiger partial charge < -0.3 is 14.2 Å². The number of rotatable bonds is 4. The molecule has 1 saturated heterocycles. The van der Waals surface area contributed by atoms with Crippen molar-refractivity contribution in [2.24, 2.45) is 0 Å². The smallest absolute Gasteiger partial charge is 0.413 e. The van der Waals surface area contributed by atoms with E-state index in [1.807, 2.05) is 30.3 Å². The van der Waals surface area contributed by atoms with Gasteiger partial charge in [-0.2, -0.15) is 0 Å². The summed E-state index contributed by atoms with van der Waals surface area (Å²) >= 11 is 0. The Kier molecular flexibility index (Phi) is 5.83. The minimum absolute atomic E-state index is 0.177. The highest BCUT2D eigenvalue weighted by atomic mass is 16.6. The van der Waals surface area contributed by atoms with Gasteiger partial charge >= 0.3 is 12.1 Å². The van der Waals surface area contributed by atoms with Crippen LogP contribution >= 0.6 is 0 Å². The van der Waals surface area contributed by atoms with E-state index in [4.69, 9.17) is 14.2 Å². The second-order valence-corrected chi connectivity index (χ2v) is 6.76. The van der Waals surface area contributed by atoms with E-state index < -0.39 is 29.9 Å². The molecule has 1 unspecified atom stereocenters. The summed E-state index contributed by atoms with van der Waals surface area (Å²) in [4.78, 5) is 26.2. The first-order valence-corrected chi connectivity index (χ1v) is 8.06. The molecule has 0 aliphatic carbocycles. The number of ether oxygens (including phenoxy) is 3. The highest BCUT2D eigenvalue weighted by molar-refractivity contribution is 5.82. The standard InChI is InChI=1S/C18H25NO5/c1-18(2,3)24-17(21)19-14(10-11-15(19)22-4)16(20)23-12-13-8-6-5-7-9-13/h5-9,14-15H,10-12H2,1-4H3/t14-,15?/m0/s1. The van der Waals surface area contributed by atoms with E-state index in [1.165, 1.54) is 12.0 Å². The first-order valence-electron chi connectivity index (χ1n) is 8.06. The molecule has 0 radical (unpaired) electrons. The molecular formula is C18H25NO5. The summed E-state index contributed by atoms with van der Waals surface area (Å²) in [6, 6.07) is 8.74. The van der Waals surface area contributed by atoms with Gasteiger partial charge in [0.2, 0.25) is 0 Å². The quantitative estimate of drug-likeness (QED) is 0.791. The van der Waals surface area contributed by atoms with Gasteiger partial charge in [0.05, 0.1) is 0 Å². The van der Waals surface area contributed by atoms with Gasteiger partial charge in [-0.25, -0.2) is 9.59 Å². The van der Waals surface area contributed by atoms with Crippen LogP contribution in [0.4, 0.5) is 4.79 Å². The summed E-state index contributed by atoms with van der Waals surface area (Å²) in [7, 11) is 1.51. The molecule has 1 heterocycles. The zero-order chi connectivity index (χ0) is 17.7. The van der Waals surface area contributed by atoms with Gasteiger partial charge in [0.15, 0.2) is 0 Å². The number of amides is 1. The Balaban J connectivity index is 2.03. The van der Waals surface area contributed by atoms with Gasteiger partial charge in [0.1, 0.15) is 24.5 Å². The molecule has 1 aromatic rings. The van der Waals surface area contributed by atoms with Crippen LogP contribution in [0, 0.1) is 0 Å². The number of benzene rings is 1. The normalized spacial score (nSPS) is 20.8. The molecule has 1 amide bonds. The number of hydrogen-bond donors (Lipinski definition) is 0. The van der Waals surface area contributed by atoms with Gasteiger partial charge in [-0.05, 0) is 39.2 Å². The average molecular weight is 335 g/mol. The van der Waals surface area contributed by atoms with E-state index >= 15 is 0 Å². The zero-order valence-electron chi connectivity index (χ0n) is 14.7. The summed E-state index contributed by atoms with van der Waals surface area (Å²) in [6.45, 7) is 5.53. The van der Waals surface area contributed by atoms with Gasteiger partial charge in [0, 0.05) is 7.11 Å². The molecule has 6 heteroatoms. The van der Waals surface area contributed by atoms with Crippen LogP contribution in [0.5, 0.6) is 0 Å². The molecule has 1 fully saturated rings. The lowest BCUT2D eigenvalue weighted by molar-refractivity contribution is -0.152. The lowest BCUT2D eigenvalue weighted by Crippen LogP contribution is -2.48. The van der Waals surface area contributed by atoms with Crippen LogP contribution in [-0.4, -0.2) is 41.9 Å². The SMILES string of the molecule is COC1CC[C@@H](C(=O)OCc2ccccc2)N1C(=O)OC(C)(C)C. The minimum atomic E-state index is -0.687. The second-order valence-electron chi connectivity index (χ2n) is 6.76. The molecule has 0 aromatic heterocycles. The monoisotopic (exact) mass is 335 g/mol. The lowest BCUT2D eigenvalue weighted by atomic mass is 10.2. The Morgan fingerprint density at radius 3 is 2.42 bits per heavy atom. The predicted octanol–water partition coefficient (Wildman–Crippen LogP) is 3.10. The van der Waals surface area contributed by atoms with Gasteiger partial charge in [-0.1, -0.05) is 30.3 Å². The number of nitrogens with zero attached hydrogens (tertiary/aromatic N) is 1. The molecule has 24 heavy (non-hydrogen) atoms. The van der Waals surface area contributed by atoms with E-state index in [1.54, 1.807) is 20.8 Å². The van der Waals surface area contributed by atoms with Crippen molar-refractivity contribution < 1.29 is 23.8 Å². The number of esters is 1. The molecule has 0 saturated carbocycles. The molecular weight excluding hydrogens is 310 g/mol. The zero-order valence-corrected chi connectivity index (χ0v) is 14.7. The maximum atomic E-state index is 12.4. The molecule has 132 valence electrons. The third kappa shape index (κ3) is 4.71. The van der Waals surface area contributed by atoms with Crippen LogP contribution in [0.15, 0.2) is 30.3 Å². The fraction of sp³-hybridized carbons (Fsp3) is 0.556. The highest BCUT2D eigenvalue weighted by Crippen LogP contribution is 2.28. The second kappa shape index (κ2) is 7.66. The van der Waals surface area contributed by atoms with Crippen molar-refractivity contribution in [1.82, 2.24) is 4.90 Å². The number of carbonyl (C=O) groups excluding carboxylic acids is 2. The Morgan fingerprint density at radius 1 is 1.17 bits per heavy atom. The van der Waals surface area contributed by atoms with Crippen LogP contribution in [0.3, 0.4) is 0 Å². The van der Waals surface area contributed by atoms with E-state index in [0.29, 0.717) is 12.8 Å². The summed E-state index contributed by atoms with van der Waals surface area (Å²) in [5.41, 5.74) is 0.257. The summed E-state index contributed by atoms with van der Waals surface area (Å²) < 4.78 is 16.1. The Labute approximate surface area is 142 Å². The van der Waals surface area contributed by atoms with Crippen LogP contribution in [0.1, 0.15) is 39.2 Å². The maximum absolute atomic E-state index is 12.4. The van der Waals surface area contributed by atoms with Crippen molar-refractivity contribution in [2.45, 2.75) is 58.1 Å². The van der Waals surface area contributed by atoms with E-state index in [2.05, 4.69) is 0 Å². The number of methoxy groups -OCH3 is 1. The van der Waals surface area contributed by atoms with Crippen molar-refractivity contribution in [3.8, 4) is 0 Å². The molecule has 0 N–H and O–H groups in total. The number of carbonyl (C=O) groups is 2. The van der Waals surface area contributed by atoms with Gasteiger partial charge in [-0.3, -0.25) is 4.90 Å². The summed E-state index contributed by atoms with van der Waals surface area (Å²) in [6.07, 6.45) is 0.0225. The molecule has 0 bridgehead atoms. The van der Waals surface area contributed by atoms with E-state index in [9.17, 15) is 9.59 Å². The van der Waals surface area contributed by atoms with Crippen LogP contribution in [0.25, 0.3) is 0 Å². The third-order valence-electron chi connectivity index (χ3n) is 3.71. The summed E-state index contributed by atoms with van der Waals surface area (Å²) in [5, 5.41) is 0. The molecule has 1 aliphatic rings. The predicted molar refractivity (Wildman–Crippen MR) is 88.1 cm³/mol. The minimum Gasteiger partial charge on any atom is -0.459 e. The fourth-order valence-corrected chi connectivity index (χ4v) is 2.63. The van der Waals surface area contributed by atoms with Crippen molar-refractivity contribution >= 4 is 12.1 Å². The molecule has 0 spiro atoms. The topological polar surface area (TPSA) is 65.1 Å². The first kappa shape index (κ1) is 18.3.